The molecule has 1 saturated heterocycles. The van der Waals surface area contributed by atoms with E-state index in [2.05, 4.69) is 4.98 Å². The van der Waals surface area contributed by atoms with E-state index in [4.69, 9.17) is 18.9 Å². The Hall–Kier alpha value is -3.09. The van der Waals surface area contributed by atoms with Gasteiger partial charge in [-0.25, -0.2) is 9.59 Å². The average molecular weight is 498 g/mol. The van der Waals surface area contributed by atoms with Crippen molar-refractivity contribution >= 4 is 19.5 Å². The number of benzene rings is 1. The topological polar surface area (TPSA) is 183 Å². The van der Waals surface area contributed by atoms with Gasteiger partial charge in [0, 0.05) is 19.2 Å². The lowest BCUT2D eigenvalue weighted by Crippen LogP contribution is -2.48. The number of aromatic nitrogens is 2. The molecule has 14 heteroatoms. The molecule has 184 valence electrons. The number of esters is 2. The molecule has 1 aliphatic heterocycles. The lowest BCUT2D eigenvalue weighted by molar-refractivity contribution is -0.167. The van der Waals surface area contributed by atoms with Gasteiger partial charge in [0.2, 0.25) is 0 Å². The fourth-order valence-corrected chi connectivity index (χ4v) is 3.84. The van der Waals surface area contributed by atoms with Gasteiger partial charge in [0.25, 0.3) is 5.56 Å². The highest BCUT2D eigenvalue weighted by molar-refractivity contribution is 7.51. The summed E-state index contributed by atoms with van der Waals surface area (Å²) in [6.07, 6.45) is -2.84. The van der Waals surface area contributed by atoms with Crippen molar-refractivity contribution in [3.05, 3.63) is 69.0 Å². The summed E-state index contributed by atoms with van der Waals surface area (Å²) in [4.78, 5) is 69.0. The highest BCUT2D eigenvalue weighted by Crippen LogP contribution is 2.47. The quantitative estimate of drug-likeness (QED) is 0.337. The SMILES string of the molecule is CC(=O)OCC1[C@@H](OCP(=O)(O)O)O[C@@H](n2ccc(=O)[nH]c2=O)C1(C)OC(=O)c1ccccc1. The molecule has 1 aromatic carbocycles. The molecule has 0 spiro atoms. The fraction of sp³-hybridized carbons (Fsp3) is 0.400. The first-order chi connectivity index (χ1) is 15.9. The zero-order valence-electron chi connectivity index (χ0n) is 18.2. The molecule has 13 nitrogen and oxygen atoms in total. The maximum Gasteiger partial charge on any atom is 0.351 e. The summed E-state index contributed by atoms with van der Waals surface area (Å²) in [5.41, 5.74) is -3.18. The molecule has 0 radical (unpaired) electrons. The summed E-state index contributed by atoms with van der Waals surface area (Å²) in [5.74, 6) is -2.62. The van der Waals surface area contributed by atoms with Crippen molar-refractivity contribution in [3.63, 3.8) is 0 Å². The molecule has 0 amide bonds. The third-order valence-corrected chi connectivity index (χ3v) is 5.60. The van der Waals surface area contributed by atoms with Crippen LogP contribution in [0.1, 0.15) is 30.4 Å². The minimum absolute atomic E-state index is 0.169. The number of nitrogens with zero attached hydrogens (tertiary/aromatic N) is 1. The minimum atomic E-state index is -4.64. The first kappa shape index (κ1) is 25.5. The van der Waals surface area contributed by atoms with E-state index >= 15 is 0 Å². The zero-order chi connectivity index (χ0) is 25.1. The predicted octanol–water partition coefficient (Wildman–Crippen LogP) is 0.338. The van der Waals surface area contributed by atoms with E-state index in [1.54, 1.807) is 18.2 Å². The Morgan fingerprint density at radius 2 is 1.88 bits per heavy atom. The molecular formula is C20H23N2O11P. The lowest BCUT2D eigenvalue weighted by atomic mass is 9.89. The van der Waals surface area contributed by atoms with Crippen LogP contribution in [0.25, 0.3) is 0 Å². The van der Waals surface area contributed by atoms with Crippen molar-refractivity contribution in [1.82, 2.24) is 9.55 Å². The monoisotopic (exact) mass is 498 g/mol. The minimum Gasteiger partial charge on any atom is -0.465 e. The van der Waals surface area contributed by atoms with Crippen molar-refractivity contribution in [3.8, 4) is 0 Å². The van der Waals surface area contributed by atoms with Crippen molar-refractivity contribution in [2.75, 3.05) is 13.0 Å². The predicted molar refractivity (Wildman–Crippen MR) is 114 cm³/mol. The second-order valence-corrected chi connectivity index (χ2v) is 9.27. The Bertz CT molecular complexity index is 1200. The fourth-order valence-electron chi connectivity index (χ4n) is 3.50. The van der Waals surface area contributed by atoms with Gasteiger partial charge in [-0.15, -0.1) is 0 Å². The summed E-state index contributed by atoms with van der Waals surface area (Å²) in [7, 11) is -4.64. The number of ether oxygens (including phenoxy) is 4. The standard InChI is InChI=1S/C20H23N2O11P/c1-12(23)30-10-14-17(31-11-34(27,28)29)32-18(22-9-8-15(24)21-19(22)26)20(14,2)33-16(25)13-6-4-3-5-7-13/h3-9,14,17-18H,10-11H2,1-2H3,(H,21,24,26)(H2,27,28,29)/t14?,17-,18+,20?/m0/s1. The Labute approximate surface area is 192 Å². The van der Waals surface area contributed by atoms with Gasteiger partial charge in [0.05, 0.1) is 11.5 Å². The molecule has 3 N–H and O–H groups in total. The average Bonchev–Trinajstić information content (AvgIpc) is 3.02. The van der Waals surface area contributed by atoms with Crippen molar-refractivity contribution < 1.29 is 42.9 Å². The second kappa shape index (κ2) is 10.0. The van der Waals surface area contributed by atoms with Gasteiger partial charge in [0.15, 0.2) is 24.5 Å². The Kier molecular flexibility index (Phi) is 7.54. The van der Waals surface area contributed by atoms with Crippen LogP contribution < -0.4 is 11.2 Å². The molecule has 2 heterocycles. The molecule has 3 rings (SSSR count). The summed E-state index contributed by atoms with van der Waals surface area (Å²) in [6, 6.07) is 8.92. The van der Waals surface area contributed by atoms with Crippen LogP contribution in [-0.4, -0.2) is 56.1 Å². The molecule has 1 fully saturated rings. The van der Waals surface area contributed by atoms with Gasteiger partial charge in [-0.3, -0.25) is 23.7 Å². The number of rotatable bonds is 8. The van der Waals surface area contributed by atoms with Crippen molar-refractivity contribution in [2.45, 2.75) is 32.0 Å². The maximum absolute atomic E-state index is 12.9. The van der Waals surface area contributed by atoms with Crippen LogP contribution in [0.15, 0.2) is 52.2 Å². The van der Waals surface area contributed by atoms with Gasteiger partial charge in [0.1, 0.15) is 6.61 Å². The normalized spacial score (nSPS) is 24.5. The zero-order valence-corrected chi connectivity index (χ0v) is 19.0. The van der Waals surface area contributed by atoms with E-state index in [0.29, 0.717) is 0 Å². The van der Waals surface area contributed by atoms with Gasteiger partial charge in [-0.05, 0) is 19.1 Å². The van der Waals surface area contributed by atoms with E-state index < -0.39 is 67.8 Å². The molecule has 0 aliphatic carbocycles. The van der Waals surface area contributed by atoms with Gasteiger partial charge in [-0.1, -0.05) is 18.2 Å². The Morgan fingerprint density at radius 3 is 2.47 bits per heavy atom. The highest BCUT2D eigenvalue weighted by Gasteiger charge is 2.59. The lowest BCUT2D eigenvalue weighted by Gasteiger charge is -2.34. The number of hydrogen-bond acceptors (Lipinski definition) is 9. The third-order valence-electron chi connectivity index (χ3n) is 5.12. The van der Waals surface area contributed by atoms with E-state index in [9.17, 15) is 33.5 Å². The van der Waals surface area contributed by atoms with Crippen molar-refractivity contribution in [1.29, 1.82) is 0 Å². The van der Waals surface area contributed by atoms with Gasteiger partial charge >= 0.3 is 25.2 Å². The summed E-state index contributed by atoms with van der Waals surface area (Å²) < 4.78 is 34.2. The second-order valence-electron chi connectivity index (χ2n) is 7.68. The largest absolute Gasteiger partial charge is 0.465 e. The molecule has 1 aliphatic rings. The first-order valence-electron chi connectivity index (χ1n) is 9.95. The summed E-state index contributed by atoms with van der Waals surface area (Å²) in [6.45, 7) is 2.10. The smallest absolute Gasteiger partial charge is 0.351 e. The molecule has 2 aromatic rings. The number of nitrogens with one attached hydrogen (secondary N) is 1. The number of carbonyl (C=O) groups excluding carboxylic acids is 2. The number of carbonyl (C=O) groups is 2. The van der Waals surface area contributed by atoms with Crippen LogP contribution in [0.4, 0.5) is 0 Å². The third kappa shape index (κ3) is 5.88. The van der Waals surface area contributed by atoms with E-state index in [-0.39, 0.29) is 5.56 Å². The van der Waals surface area contributed by atoms with E-state index in [0.717, 1.165) is 23.8 Å². The molecule has 4 atom stereocenters. The first-order valence-corrected chi connectivity index (χ1v) is 11.8. The van der Waals surface area contributed by atoms with Crippen LogP contribution >= 0.6 is 7.60 Å². The maximum atomic E-state index is 12.9. The molecule has 0 saturated carbocycles. The van der Waals surface area contributed by atoms with Crippen LogP contribution in [0, 0.1) is 5.92 Å². The number of H-pyrrole nitrogens is 1. The molecule has 0 bridgehead atoms. The van der Waals surface area contributed by atoms with Crippen LogP contribution in [0.2, 0.25) is 0 Å². The summed E-state index contributed by atoms with van der Waals surface area (Å²) in [5, 5.41) is 0. The van der Waals surface area contributed by atoms with Gasteiger partial charge < -0.3 is 28.7 Å². The number of aromatic amines is 1. The van der Waals surface area contributed by atoms with Crippen LogP contribution in [-0.2, 0) is 28.3 Å². The Balaban J connectivity index is 2.07. The molecule has 1 aromatic heterocycles. The highest BCUT2D eigenvalue weighted by atomic mass is 31.2. The molecular weight excluding hydrogens is 475 g/mol. The van der Waals surface area contributed by atoms with Gasteiger partial charge in [-0.2, -0.15) is 0 Å². The molecule has 34 heavy (non-hydrogen) atoms. The molecule has 2 unspecified atom stereocenters. The van der Waals surface area contributed by atoms with Crippen LogP contribution in [0.3, 0.4) is 0 Å². The Morgan fingerprint density at radius 1 is 1.21 bits per heavy atom. The summed E-state index contributed by atoms with van der Waals surface area (Å²) >= 11 is 0. The van der Waals surface area contributed by atoms with E-state index in [1.165, 1.54) is 19.1 Å². The van der Waals surface area contributed by atoms with Crippen LogP contribution in [0.5, 0.6) is 0 Å². The van der Waals surface area contributed by atoms with E-state index in [1.807, 2.05) is 0 Å². The van der Waals surface area contributed by atoms with Crippen molar-refractivity contribution in [2.24, 2.45) is 5.92 Å². The number of hydrogen-bond donors (Lipinski definition) is 3.